The van der Waals surface area contributed by atoms with Gasteiger partial charge >= 0.3 is 0 Å². The number of pyridine rings is 1. The van der Waals surface area contributed by atoms with Crippen molar-refractivity contribution in [3.8, 4) is 0 Å². The van der Waals surface area contributed by atoms with E-state index in [4.69, 9.17) is 10.7 Å². The Morgan fingerprint density at radius 2 is 2.00 bits per heavy atom. The minimum Gasteiger partial charge on any atom is -0.330 e. The molecule has 1 fully saturated rings. The number of nitrogens with zero attached hydrogens (tertiary/aromatic N) is 3. The second kappa shape index (κ2) is 5.70. The molecule has 4 nitrogen and oxygen atoms in total. The molecule has 0 spiro atoms. The molecule has 2 heterocycles. The third-order valence-corrected chi connectivity index (χ3v) is 4.08. The van der Waals surface area contributed by atoms with Crippen LogP contribution in [0, 0.1) is 0 Å². The van der Waals surface area contributed by atoms with Gasteiger partial charge in [0, 0.05) is 18.7 Å². The third kappa shape index (κ3) is 2.50. The van der Waals surface area contributed by atoms with E-state index in [0.717, 1.165) is 23.4 Å². The maximum absolute atomic E-state index is 5.74. The molecule has 0 amide bonds. The van der Waals surface area contributed by atoms with E-state index in [1.54, 1.807) is 0 Å². The maximum Gasteiger partial charge on any atom is 0.160 e. The van der Waals surface area contributed by atoms with E-state index in [-0.39, 0.29) is 0 Å². The number of rotatable bonds is 3. The van der Waals surface area contributed by atoms with E-state index in [9.17, 15) is 0 Å². The van der Waals surface area contributed by atoms with Crippen molar-refractivity contribution < 1.29 is 0 Å². The van der Waals surface area contributed by atoms with Gasteiger partial charge in [-0.1, -0.05) is 25.7 Å². The van der Waals surface area contributed by atoms with Crippen LogP contribution in [-0.4, -0.2) is 21.1 Å². The highest BCUT2D eigenvalue weighted by molar-refractivity contribution is 5.71. The quantitative estimate of drug-likeness (QED) is 0.861. The van der Waals surface area contributed by atoms with Crippen LogP contribution in [0.3, 0.4) is 0 Å². The minimum absolute atomic E-state index is 0.559. The fraction of sp³-hybridized carbons (Fsp3) is 0.600. The van der Waals surface area contributed by atoms with E-state index in [1.807, 2.05) is 12.3 Å². The molecule has 0 unspecified atom stereocenters. The van der Waals surface area contributed by atoms with E-state index in [0.29, 0.717) is 12.6 Å². The molecule has 2 N–H and O–H groups in total. The van der Waals surface area contributed by atoms with Crippen LogP contribution in [0.15, 0.2) is 18.3 Å². The highest BCUT2D eigenvalue weighted by atomic mass is 15.1. The van der Waals surface area contributed by atoms with E-state index in [2.05, 4.69) is 15.6 Å². The Morgan fingerprint density at radius 1 is 1.21 bits per heavy atom. The molecule has 1 saturated carbocycles. The molecule has 19 heavy (non-hydrogen) atoms. The van der Waals surface area contributed by atoms with Gasteiger partial charge in [0.25, 0.3) is 0 Å². The van der Waals surface area contributed by atoms with Crippen LogP contribution in [0.2, 0.25) is 0 Å². The van der Waals surface area contributed by atoms with Gasteiger partial charge in [-0.15, -0.1) is 0 Å². The molecule has 1 aliphatic carbocycles. The highest BCUT2D eigenvalue weighted by Gasteiger charge is 2.20. The summed E-state index contributed by atoms with van der Waals surface area (Å²) in [5.41, 5.74) is 7.79. The second-order valence-electron chi connectivity index (χ2n) is 5.43. The largest absolute Gasteiger partial charge is 0.330 e. The zero-order valence-corrected chi connectivity index (χ0v) is 11.4. The lowest BCUT2D eigenvalue weighted by Gasteiger charge is -2.19. The molecule has 0 saturated heterocycles. The molecule has 0 atom stereocenters. The lowest BCUT2D eigenvalue weighted by molar-refractivity contribution is 0.438. The van der Waals surface area contributed by atoms with E-state index >= 15 is 0 Å². The molecule has 3 rings (SSSR count). The van der Waals surface area contributed by atoms with Gasteiger partial charge < -0.3 is 10.3 Å². The van der Waals surface area contributed by atoms with Crippen LogP contribution in [0.1, 0.15) is 50.4 Å². The van der Waals surface area contributed by atoms with Gasteiger partial charge in [0.05, 0.1) is 0 Å². The number of imidazole rings is 1. The SMILES string of the molecule is NCCc1nc2cccnc2n1C1CCCCCC1. The number of aromatic nitrogens is 3. The van der Waals surface area contributed by atoms with Crippen LogP contribution in [0.5, 0.6) is 0 Å². The topological polar surface area (TPSA) is 56.7 Å². The summed E-state index contributed by atoms with van der Waals surface area (Å²) in [5.74, 6) is 1.11. The molecule has 0 aliphatic heterocycles. The first-order valence-corrected chi connectivity index (χ1v) is 7.42. The molecule has 0 bridgehead atoms. The Bertz CT molecular complexity index is 538. The van der Waals surface area contributed by atoms with Crippen molar-refractivity contribution in [2.75, 3.05) is 6.54 Å². The Hall–Kier alpha value is -1.42. The smallest absolute Gasteiger partial charge is 0.160 e. The maximum atomic E-state index is 5.74. The summed E-state index contributed by atoms with van der Waals surface area (Å²) in [6.07, 6.45) is 10.6. The van der Waals surface area contributed by atoms with E-state index in [1.165, 1.54) is 38.5 Å². The highest BCUT2D eigenvalue weighted by Crippen LogP contribution is 2.31. The standard InChI is InChI=1S/C15H22N4/c16-10-9-14-18-13-8-5-11-17-15(13)19(14)12-6-3-1-2-4-7-12/h5,8,11-12H,1-4,6-7,9-10,16H2. The number of nitrogens with two attached hydrogens (primary N) is 1. The van der Waals surface area contributed by atoms with Crippen molar-refractivity contribution >= 4 is 11.2 Å². The zero-order chi connectivity index (χ0) is 13.1. The zero-order valence-electron chi connectivity index (χ0n) is 11.4. The van der Waals surface area contributed by atoms with Crippen LogP contribution < -0.4 is 5.73 Å². The summed E-state index contributed by atoms with van der Waals surface area (Å²) in [6.45, 7) is 0.649. The molecule has 2 aromatic heterocycles. The molecule has 1 aliphatic rings. The van der Waals surface area contributed by atoms with Crippen molar-refractivity contribution in [3.63, 3.8) is 0 Å². The van der Waals surface area contributed by atoms with Crippen LogP contribution in [0.25, 0.3) is 11.2 Å². The monoisotopic (exact) mass is 258 g/mol. The average molecular weight is 258 g/mol. The normalized spacial score (nSPS) is 17.7. The predicted molar refractivity (Wildman–Crippen MR) is 77.0 cm³/mol. The van der Waals surface area contributed by atoms with Crippen LogP contribution in [0.4, 0.5) is 0 Å². The summed E-state index contributed by atoms with van der Waals surface area (Å²) in [7, 11) is 0. The lowest BCUT2D eigenvalue weighted by atomic mass is 10.1. The number of hydrogen-bond acceptors (Lipinski definition) is 3. The number of fused-ring (bicyclic) bond motifs is 1. The first-order valence-electron chi connectivity index (χ1n) is 7.42. The fourth-order valence-corrected chi connectivity index (χ4v) is 3.18. The van der Waals surface area contributed by atoms with Crippen molar-refractivity contribution in [2.45, 2.75) is 51.0 Å². The molecule has 4 heteroatoms. The fourth-order valence-electron chi connectivity index (χ4n) is 3.18. The van der Waals surface area contributed by atoms with Gasteiger partial charge in [0.1, 0.15) is 11.3 Å². The molecular formula is C15H22N4. The van der Waals surface area contributed by atoms with Gasteiger partial charge in [-0.25, -0.2) is 9.97 Å². The van der Waals surface area contributed by atoms with Crippen LogP contribution in [-0.2, 0) is 6.42 Å². The van der Waals surface area contributed by atoms with Crippen molar-refractivity contribution in [3.05, 3.63) is 24.2 Å². The van der Waals surface area contributed by atoms with Gasteiger partial charge in [-0.3, -0.25) is 0 Å². The van der Waals surface area contributed by atoms with E-state index < -0.39 is 0 Å². The van der Waals surface area contributed by atoms with Crippen molar-refractivity contribution in [2.24, 2.45) is 5.73 Å². The van der Waals surface area contributed by atoms with Gasteiger partial charge in [0.15, 0.2) is 5.65 Å². The molecule has 2 aromatic rings. The molecule has 102 valence electrons. The summed E-state index contributed by atoms with van der Waals surface area (Å²) < 4.78 is 2.37. The Balaban J connectivity index is 2.05. The second-order valence-corrected chi connectivity index (χ2v) is 5.43. The summed E-state index contributed by atoms with van der Waals surface area (Å²) >= 11 is 0. The minimum atomic E-state index is 0.559. The summed E-state index contributed by atoms with van der Waals surface area (Å²) in [4.78, 5) is 9.28. The molecule has 0 radical (unpaired) electrons. The Labute approximate surface area is 114 Å². The van der Waals surface area contributed by atoms with Gasteiger partial charge in [-0.2, -0.15) is 0 Å². The Kier molecular flexibility index (Phi) is 3.78. The molecular weight excluding hydrogens is 236 g/mol. The van der Waals surface area contributed by atoms with Gasteiger partial charge in [0.2, 0.25) is 0 Å². The summed E-state index contributed by atoms with van der Waals surface area (Å²) in [6, 6.07) is 4.57. The lowest BCUT2D eigenvalue weighted by Crippen LogP contribution is -2.15. The summed E-state index contributed by atoms with van der Waals surface area (Å²) in [5, 5.41) is 0. The van der Waals surface area contributed by atoms with Gasteiger partial charge in [-0.05, 0) is 31.5 Å². The third-order valence-electron chi connectivity index (χ3n) is 4.08. The average Bonchev–Trinajstić information content (AvgIpc) is 2.61. The van der Waals surface area contributed by atoms with Crippen molar-refractivity contribution in [1.82, 2.24) is 14.5 Å². The van der Waals surface area contributed by atoms with Crippen molar-refractivity contribution in [1.29, 1.82) is 0 Å². The first-order chi connectivity index (χ1) is 9.40. The van der Waals surface area contributed by atoms with Crippen LogP contribution >= 0.6 is 0 Å². The number of hydrogen-bond donors (Lipinski definition) is 1. The first kappa shape index (κ1) is 12.6. The Morgan fingerprint density at radius 3 is 2.74 bits per heavy atom. The molecule has 0 aromatic carbocycles. The predicted octanol–water partition coefficient (Wildman–Crippen LogP) is 2.83.